The minimum absolute atomic E-state index is 0.0727. The highest BCUT2D eigenvalue weighted by atomic mass is 16.5. The first-order valence-corrected chi connectivity index (χ1v) is 20.3. The van der Waals surface area contributed by atoms with Gasteiger partial charge in [-0.15, -0.1) is 0 Å². The number of aromatic amines is 2. The fraction of sp³-hybridized carbons (Fsp3) is 0.455. The molecule has 0 radical (unpaired) electrons. The molecule has 2 saturated heterocycles. The van der Waals surface area contributed by atoms with E-state index in [9.17, 15) is 19.2 Å². The van der Waals surface area contributed by atoms with Crippen LogP contribution < -0.4 is 10.6 Å². The Hall–Kier alpha value is -6.14. The normalized spacial score (nSPS) is 19.4. The number of carbonyl (C=O) groups excluding carboxylic acids is 4. The summed E-state index contributed by atoms with van der Waals surface area (Å²) in [5, 5.41) is 5.44. The molecule has 1 saturated carbocycles. The molecule has 310 valence electrons. The monoisotopic (exact) mass is 804 g/mol. The Bertz CT molecular complexity index is 2170. The maximum absolute atomic E-state index is 13.8. The van der Waals surface area contributed by atoms with Gasteiger partial charge in [-0.1, -0.05) is 48.9 Å². The second-order valence-electron chi connectivity index (χ2n) is 15.4. The van der Waals surface area contributed by atoms with Gasteiger partial charge in [0.15, 0.2) is 0 Å². The number of likely N-dealkylation sites (tertiary alicyclic amines) is 2. The highest BCUT2D eigenvalue weighted by Crippen LogP contribution is 2.36. The maximum Gasteiger partial charge on any atom is 0.407 e. The summed E-state index contributed by atoms with van der Waals surface area (Å²) in [5.41, 5.74) is 5.28. The summed E-state index contributed by atoms with van der Waals surface area (Å²) < 4.78 is 15.0. The topological polar surface area (TPSA) is 184 Å². The van der Waals surface area contributed by atoms with Crippen LogP contribution in [0, 0.1) is 17.8 Å². The van der Waals surface area contributed by atoms with Crippen LogP contribution in [0.15, 0.2) is 60.9 Å². The SMILES string of the molecule is COC(=O)NC(C(=O)N1CCCC1c1ncc(-c2ccc(C#Cc3ccc(-c4cnc(C5CCCN5C(=O)C(NC(=O)OC)C(C)OC)[nH]4)cc3)cc2)[nH]1)C1CCCC1. The molecule has 1 aliphatic carbocycles. The predicted molar refractivity (Wildman–Crippen MR) is 218 cm³/mol. The number of hydrogen-bond acceptors (Lipinski definition) is 9. The Balaban J connectivity index is 0.972. The molecular formula is C44H52N8O7. The second kappa shape index (κ2) is 18.6. The lowest BCUT2D eigenvalue weighted by Gasteiger charge is -2.31. The molecule has 2 aromatic heterocycles. The van der Waals surface area contributed by atoms with Gasteiger partial charge in [0, 0.05) is 31.3 Å². The van der Waals surface area contributed by atoms with Gasteiger partial charge in [0.2, 0.25) is 11.8 Å². The van der Waals surface area contributed by atoms with Crippen molar-refractivity contribution in [2.75, 3.05) is 34.4 Å². The molecule has 2 aromatic carbocycles. The molecule has 15 heteroatoms. The number of nitrogens with zero attached hydrogens (tertiary/aromatic N) is 4. The van der Waals surface area contributed by atoms with Gasteiger partial charge in [-0.05, 0) is 86.8 Å². The number of alkyl carbamates (subject to hydrolysis) is 2. The van der Waals surface area contributed by atoms with Crippen LogP contribution >= 0.6 is 0 Å². The van der Waals surface area contributed by atoms with Crippen molar-refractivity contribution in [3.8, 4) is 34.4 Å². The van der Waals surface area contributed by atoms with E-state index in [4.69, 9.17) is 19.2 Å². The molecule has 5 unspecified atom stereocenters. The summed E-state index contributed by atoms with van der Waals surface area (Å²) in [6.45, 7) is 2.89. The van der Waals surface area contributed by atoms with Crippen LogP contribution in [-0.4, -0.2) is 106 Å². The van der Waals surface area contributed by atoms with E-state index in [0.29, 0.717) is 18.9 Å². The average Bonchev–Trinajstić information content (AvgIpc) is 4.13. The van der Waals surface area contributed by atoms with Gasteiger partial charge in [0.05, 0.1) is 56.2 Å². The Kier molecular flexibility index (Phi) is 13.0. The van der Waals surface area contributed by atoms with Gasteiger partial charge in [-0.3, -0.25) is 9.59 Å². The molecule has 7 rings (SSSR count). The van der Waals surface area contributed by atoms with Gasteiger partial charge in [0.25, 0.3) is 0 Å². The van der Waals surface area contributed by atoms with E-state index < -0.39 is 30.4 Å². The summed E-state index contributed by atoms with van der Waals surface area (Å²) in [6, 6.07) is 13.9. The molecule has 0 spiro atoms. The molecule has 4 N–H and O–H groups in total. The highest BCUT2D eigenvalue weighted by Gasteiger charge is 2.41. The van der Waals surface area contributed by atoms with Crippen LogP contribution in [0.3, 0.4) is 0 Å². The number of rotatable bonds is 11. The first-order chi connectivity index (χ1) is 28.7. The summed E-state index contributed by atoms with van der Waals surface area (Å²) >= 11 is 0. The molecule has 3 aliphatic rings. The van der Waals surface area contributed by atoms with Crippen LogP contribution in [0.4, 0.5) is 9.59 Å². The van der Waals surface area contributed by atoms with Crippen LogP contribution in [0.2, 0.25) is 0 Å². The first-order valence-electron chi connectivity index (χ1n) is 20.3. The van der Waals surface area contributed by atoms with Crippen molar-refractivity contribution in [3.05, 3.63) is 83.7 Å². The van der Waals surface area contributed by atoms with Gasteiger partial charge >= 0.3 is 12.2 Å². The summed E-state index contributed by atoms with van der Waals surface area (Å²) in [7, 11) is 4.07. The molecule has 2 aliphatic heterocycles. The number of amides is 4. The van der Waals surface area contributed by atoms with Crippen molar-refractivity contribution < 1.29 is 33.4 Å². The Morgan fingerprint density at radius 3 is 1.63 bits per heavy atom. The van der Waals surface area contributed by atoms with E-state index in [1.807, 2.05) is 53.4 Å². The third-order valence-electron chi connectivity index (χ3n) is 11.8. The van der Waals surface area contributed by atoms with Crippen molar-refractivity contribution in [2.24, 2.45) is 5.92 Å². The lowest BCUT2D eigenvalue weighted by atomic mass is 9.96. The van der Waals surface area contributed by atoms with Crippen molar-refractivity contribution in [1.29, 1.82) is 0 Å². The number of benzene rings is 2. The van der Waals surface area contributed by atoms with Crippen molar-refractivity contribution in [1.82, 2.24) is 40.4 Å². The first kappa shape index (κ1) is 41.0. The van der Waals surface area contributed by atoms with E-state index in [-0.39, 0.29) is 29.8 Å². The van der Waals surface area contributed by atoms with Crippen LogP contribution in [0.1, 0.15) is 93.1 Å². The third kappa shape index (κ3) is 9.28. The molecule has 59 heavy (non-hydrogen) atoms. The minimum atomic E-state index is -0.897. The molecule has 0 bridgehead atoms. The highest BCUT2D eigenvalue weighted by molar-refractivity contribution is 5.87. The fourth-order valence-electron chi connectivity index (χ4n) is 8.46. The molecule has 4 heterocycles. The Labute approximate surface area is 344 Å². The van der Waals surface area contributed by atoms with E-state index in [1.54, 1.807) is 24.2 Å². The van der Waals surface area contributed by atoms with Crippen molar-refractivity contribution >= 4 is 24.0 Å². The van der Waals surface area contributed by atoms with E-state index in [2.05, 4.69) is 37.4 Å². The number of carbonyl (C=O) groups is 4. The average molecular weight is 805 g/mol. The standard InChI is InChI=1S/C44H52N8O7/c1-27(57-2)37(49-43(55)58-3)41(53)51-23-7-11-35(51)39-45-25-33(47-39)30-19-15-28(16-20-30)13-14-29-17-21-31(22-18-29)34-26-46-40(48-34)36-12-8-24-52(36)42(54)38(50-44(56)59-4)32-9-5-6-10-32/h15-22,25-27,32,35-38H,5-12,23-24H2,1-4H3,(H,45,47)(H,46,48)(H,49,55)(H,50,56). The quantitative estimate of drug-likeness (QED) is 0.135. The molecule has 5 atom stereocenters. The Morgan fingerprint density at radius 2 is 1.15 bits per heavy atom. The Morgan fingerprint density at radius 1 is 0.678 bits per heavy atom. The summed E-state index contributed by atoms with van der Waals surface area (Å²) in [5.74, 6) is 7.70. The zero-order chi connectivity index (χ0) is 41.5. The number of H-pyrrole nitrogens is 2. The summed E-state index contributed by atoms with van der Waals surface area (Å²) in [4.78, 5) is 71.4. The van der Waals surface area contributed by atoms with E-state index in [1.165, 1.54) is 21.3 Å². The lowest BCUT2D eigenvalue weighted by molar-refractivity contribution is -0.137. The van der Waals surface area contributed by atoms with Crippen LogP contribution in [0.25, 0.3) is 22.5 Å². The second-order valence-corrected chi connectivity index (χ2v) is 15.4. The van der Waals surface area contributed by atoms with E-state index >= 15 is 0 Å². The number of methoxy groups -OCH3 is 3. The number of nitrogens with one attached hydrogen (secondary N) is 4. The zero-order valence-electron chi connectivity index (χ0n) is 34.0. The summed E-state index contributed by atoms with van der Waals surface area (Å²) in [6.07, 6.45) is 8.87. The van der Waals surface area contributed by atoms with E-state index in [0.717, 1.165) is 90.8 Å². The molecular weight excluding hydrogens is 753 g/mol. The smallest absolute Gasteiger partial charge is 0.407 e. The van der Waals surface area contributed by atoms with Crippen LogP contribution in [-0.2, 0) is 23.8 Å². The lowest BCUT2D eigenvalue weighted by Crippen LogP contribution is -2.54. The molecule has 15 nitrogen and oxygen atoms in total. The maximum atomic E-state index is 13.8. The van der Waals surface area contributed by atoms with Gasteiger partial charge < -0.3 is 44.6 Å². The minimum Gasteiger partial charge on any atom is -0.453 e. The molecule has 4 amide bonds. The zero-order valence-corrected chi connectivity index (χ0v) is 34.0. The largest absolute Gasteiger partial charge is 0.453 e. The van der Waals surface area contributed by atoms with Crippen LogP contribution in [0.5, 0.6) is 0 Å². The fourth-order valence-corrected chi connectivity index (χ4v) is 8.46. The van der Waals surface area contributed by atoms with Gasteiger partial charge in [-0.2, -0.15) is 0 Å². The van der Waals surface area contributed by atoms with Crippen molar-refractivity contribution in [2.45, 2.75) is 88.6 Å². The number of aromatic nitrogens is 4. The number of imidazole rings is 2. The third-order valence-corrected chi connectivity index (χ3v) is 11.8. The molecule has 3 fully saturated rings. The molecule has 4 aromatic rings. The van der Waals surface area contributed by atoms with Gasteiger partial charge in [0.1, 0.15) is 23.7 Å². The van der Waals surface area contributed by atoms with Gasteiger partial charge in [-0.25, -0.2) is 19.6 Å². The van der Waals surface area contributed by atoms with Crippen molar-refractivity contribution in [3.63, 3.8) is 0 Å². The number of hydrogen-bond donors (Lipinski definition) is 4. The predicted octanol–water partition coefficient (Wildman–Crippen LogP) is 5.87. The number of ether oxygens (including phenoxy) is 3.